The van der Waals surface area contributed by atoms with Crippen LogP contribution in [0.25, 0.3) is 22.1 Å². The van der Waals surface area contributed by atoms with Gasteiger partial charge < -0.3 is 19.2 Å². The number of benzene rings is 3. The first-order chi connectivity index (χ1) is 16.0. The molecule has 1 aromatic heterocycles. The topological polar surface area (TPSA) is 77.8 Å². The largest absolute Gasteiger partial charge is 0.492 e. The van der Waals surface area contributed by atoms with Gasteiger partial charge in [0.2, 0.25) is 5.76 Å². The Morgan fingerprint density at radius 2 is 1.73 bits per heavy atom. The SMILES string of the molecule is CNC(=O)/C(=C\OCc1ccccc1)Oc1ccc2c(-c3ccccc3C)cc(=O)oc2c1. The summed E-state index contributed by atoms with van der Waals surface area (Å²) in [7, 11) is 1.50. The number of ether oxygens (including phenoxy) is 2. The number of fused-ring (bicyclic) bond motifs is 1. The Morgan fingerprint density at radius 3 is 2.48 bits per heavy atom. The monoisotopic (exact) mass is 441 g/mol. The van der Waals surface area contributed by atoms with Crippen LogP contribution in [0, 0.1) is 6.92 Å². The summed E-state index contributed by atoms with van der Waals surface area (Å²) >= 11 is 0. The highest BCUT2D eigenvalue weighted by Gasteiger charge is 2.14. The van der Waals surface area contributed by atoms with E-state index in [2.05, 4.69) is 5.32 Å². The lowest BCUT2D eigenvalue weighted by Crippen LogP contribution is -2.23. The molecule has 6 nitrogen and oxygen atoms in total. The fourth-order valence-electron chi connectivity index (χ4n) is 3.47. The first kappa shape index (κ1) is 21.9. The number of aryl methyl sites for hydroxylation is 1. The first-order valence-corrected chi connectivity index (χ1v) is 10.4. The van der Waals surface area contributed by atoms with Gasteiger partial charge in [0.25, 0.3) is 5.91 Å². The summed E-state index contributed by atoms with van der Waals surface area (Å²) in [6.45, 7) is 2.28. The molecule has 0 unspecified atom stereocenters. The quantitative estimate of drug-likeness (QED) is 0.249. The van der Waals surface area contributed by atoms with Crippen LogP contribution in [-0.4, -0.2) is 13.0 Å². The number of amides is 1. The van der Waals surface area contributed by atoms with E-state index in [1.165, 1.54) is 19.4 Å². The number of hydrogen-bond acceptors (Lipinski definition) is 5. The summed E-state index contributed by atoms with van der Waals surface area (Å²) in [5.41, 5.74) is 3.63. The van der Waals surface area contributed by atoms with Crippen LogP contribution in [-0.2, 0) is 16.1 Å². The van der Waals surface area contributed by atoms with Gasteiger partial charge in [-0.2, -0.15) is 0 Å². The molecular weight excluding hydrogens is 418 g/mol. The van der Waals surface area contributed by atoms with Gasteiger partial charge in [0.1, 0.15) is 24.2 Å². The highest BCUT2D eigenvalue weighted by molar-refractivity contribution is 5.95. The van der Waals surface area contributed by atoms with Crippen LogP contribution in [0.3, 0.4) is 0 Å². The molecule has 0 saturated carbocycles. The van der Waals surface area contributed by atoms with Crippen molar-refractivity contribution in [2.24, 2.45) is 0 Å². The lowest BCUT2D eigenvalue weighted by molar-refractivity contribution is -0.119. The van der Waals surface area contributed by atoms with Crippen molar-refractivity contribution in [3.8, 4) is 16.9 Å². The van der Waals surface area contributed by atoms with Crippen molar-refractivity contribution >= 4 is 16.9 Å². The fraction of sp³-hybridized carbons (Fsp3) is 0.111. The van der Waals surface area contributed by atoms with Gasteiger partial charge >= 0.3 is 5.63 Å². The third-order valence-corrected chi connectivity index (χ3v) is 5.11. The Bertz CT molecular complexity index is 1370. The number of carbonyl (C=O) groups is 1. The highest BCUT2D eigenvalue weighted by atomic mass is 16.5. The zero-order chi connectivity index (χ0) is 23.2. The molecule has 166 valence electrons. The van der Waals surface area contributed by atoms with Crippen LogP contribution in [0.2, 0.25) is 0 Å². The van der Waals surface area contributed by atoms with Crippen molar-refractivity contribution < 1.29 is 18.7 Å². The van der Waals surface area contributed by atoms with Crippen LogP contribution >= 0.6 is 0 Å². The average molecular weight is 441 g/mol. The second-order valence-electron chi connectivity index (χ2n) is 7.41. The second-order valence-corrected chi connectivity index (χ2v) is 7.41. The molecule has 1 N–H and O–H groups in total. The van der Waals surface area contributed by atoms with Crippen molar-refractivity contribution in [2.45, 2.75) is 13.5 Å². The molecule has 1 heterocycles. The van der Waals surface area contributed by atoms with Crippen molar-refractivity contribution in [2.75, 3.05) is 7.05 Å². The molecule has 0 fully saturated rings. The molecule has 1 amide bonds. The normalized spacial score (nSPS) is 11.3. The van der Waals surface area contributed by atoms with Crippen LogP contribution in [0.1, 0.15) is 11.1 Å². The van der Waals surface area contributed by atoms with Crippen LogP contribution in [0.5, 0.6) is 5.75 Å². The van der Waals surface area contributed by atoms with Gasteiger partial charge in [0.15, 0.2) is 0 Å². The predicted molar refractivity (Wildman–Crippen MR) is 127 cm³/mol. The number of likely N-dealkylation sites (N-methyl/N-ethyl adjacent to an activating group) is 1. The van der Waals surface area contributed by atoms with Gasteiger partial charge in [-0.05, 0) is 35.7 Å². The van der Waals surface area contributed by atoms with Gasteiger partial charge in [-0.25, -0.2) is 4.79 Å². The van der Waals surface area contributed by atoms with Gasteiger partial charge in [-0.3, -0.25) is 4.79 Å². The molecule has 0 bridgehead atoms. The second kappa shape index (κ2) is 9.87. The van der Waals surface area contributed by atoms with E-state index < -0.39 is 11.5 Å². The summed E-state index contributed by atoms with van der Waals surface area (Å²) in [4.78, 5) is 24.5. The maximum atomic E-state index is 12.3. The van der Waals surface area contributed by atoms with E-state index in [9.17, 15) is 9.59 Å². The minimum atomic E-state index is -0.467. The smallest absolute Gasteiger partial charge is 0.336 e. The van der Waals surface area contributed by atoms with Crippen molar-refractivity contribution in [3.63, 3.8) is 0 Å². The maximum Gasteiger partial charge on any atom is 0.336 e. The Hall–Kier alpha value is -4.32. The highest BCUT2D eigenvalue weighted by Crippen LogP contribution is 2.31. The molecule has 6 heteroatoms. The number of rotatable bonds is 7. The zero-order valence-corrected chi connectivity index (χ0v) is 18.3. The summed E-state index contributed by atoms with van der Waals surface area (Å²) in [5.74, 6) is -0.130. The zero-order valence-electron chi connectivity index (χ0n) is 18.3. The van der Waals surface area contributed by atoms with Gasteiger partial charge in [0, 0.05) is 30.1 Å². The molecule has 3 aromatic carbocycles. The molecule has 4 aromatic rings. The summed E-state index contributed by atoms with van der Waals surface area (Å²) < 4.78 is 16.8. The minimum absolute atomic E-state index is 0.0230. The van der Waals surface area contributed by atoms with Gasteiger partial charge in [0.05, 0.1) is 0 Å². The van der Waals surface area contributed by atoms with E-state index in [1.807, 2.05) is 67.6 Å². The minimum Gasteiger partial charge on any atom is -0.492 e. The van der Waals surface area contributed by atoms with E-state index in [0.717, 1.165) is 27.6 Å². The third kappa shape index (κ3) is 5.13. The molecular formula is C27H23NO5. The lowest BCUT2D eigenvalue weighted by atomic mass is 9.98. The fourth-order valence-corrected chi connectivity index (χ4v) is 3.47. The van der Waals surface area contributed by atoms with E-state index in [1.54, 1.807) is 12.1 Å². The molecule has 0 atom stereocenters. The van der Waals surface area contributed by atoms with Crippen LogP contribution < -0.4 is 15.7 Å². The van der Waals surface area contributed by atoms with Crippen molar-refractivity contribution in [1.29, 1.82) is 0 Å². The summed E-state index contributed by atoms with van der Waals surface area (Å²) in [6.07, 6.45) is 1.27. The standard InChI is InChI=1S/C27H23NO5/c1-18-8-6-7-11-21(18)23-15-26(29)33-24-14-20(12-13-22(23)24)32-25(27(30)28-2)17-31-16-19-9-4-3-5-10-19/h3-15,17H,16H2,1-2H3,(H,28,30)/b25-17+. The van der Waals surface area contributed by atoms with E-state index >= 15 is 0 Å². The van der Waals surface area contributed by atoms with E-state index in [4.69, 9.17) is 13.9 Å². The molecule has 33 heavy (non-hydrogen) atoms. The molecule has 0 radical (unpaired) electrons. The lowest BCUT2D eigenvalue weighted by Gasteiger charge is -2.12. The van der Waals surface area contributed by atoms with Gasteiger partial charge in [-0.15, -0.1) is 0 Å². The number of nitrogens with one attached hydrogen (secondary N) is 1. The van der Waals surface area contributed by atoms with Crippen molar-refractivity contribution in [1.82, 2.24) is 5.32 Å². The average Bonchev–Trinajstić information content (AvgIpc) is 2.83. The number of hydrogen-bond donors (Lipinski definition) is 1. The Balaban J connectivity index is 1.64. The van der Waals surface area contributed by atoms with Crippen molar-refractivity contribution in [3.05, 3.63) is 112 Å². The predicted octanol–water partition coefficient (Wildman–Crippen LogP) is 4.95. The first-order valence-electron chi connectivity index (χ1n) is 10.4. The molecule has 4 rings (SSSR count). The molecule has 0 spiro atoms. The van der Waals surface area contributed by atoms with Crippen LogP contribution in [0.4, 0.5) is 0 Å². The third-order valence-electron chi connectivity index (χ3n) is 5.11. The molecule has 0 aliphatic rings. The number of carbonyl (C=O) groups excluding carboxylic acids is 1. The molecule has 0 aliphatic carbocycles. The van der Waals surface area contributed by atoms with Crippen LogP contribution in [0.15, 0.2) is 100 Å². The molecule has 0 aliphatic heterocycles. The molecule has 0 saturated heterocycles. The summed E-state index contributed by atoms with van der Waals surface area (Å²) in [5, 5.41) is 3.30. The Labute approximate surface area is 191 Å². The van der Waals surface area contributed by atoms with Gasteiger partial charge in [-0.1, -0.05) is 54.6 Å². The van der Waals surface area contributed by atoms with E-state index in [-0.39, 0.29) is 12.4 Å². The Kier molecular flexibility index (Phi) is 6.55. The maximum absolute atomic E-state index is 12.3. The van der Waals surface area contributed by atoms with E-state index in [0.29, 0.717) is 11.3 Å². The summed E-state index contributed by atoms with van der Waals surface area (Å²) in [6, 6.07) is 24.0. The Morgan fingerprint density at radius 1 is 0.970 bits per heavy atom.